The van der Waals surface area contributed by atoms with Gasteiger partial charge in [-0.25, -0.2) is 8.42 Å². The number of carbonyl (C=O) groups excluding carboxylic acids is 1. The summed E-state index contributed by atoms with van der Waals surface area (Å²) in [6, 6.07) is 6.26. The van der Waals surface area contributed by atoms with Crippen molar-refractivity contribution in [1.82, 2.24) is 4.90 Å². The van der Waals surface area contributed by atoms with Crippen LogP contribution in [0.25, 0.3) is 0 Å². The number of aliphatic hydroxyl groups is 1. The van der Waals surface area contributed by atoms with Gasteiger partial charge in [0.15, 0.2) is 0 Å². The maximum atomic E-state index is 12.2. The van der Waals surface area contributed by atoms with Gasteiger partial charge < -0.3 is 10.0 Å². The number of amides is 1. The molecule has 1 aliphatic heterocycles. The average molecular weight is 298 g/mol. The van der Waals surface area contributed by atoms with E-state index >= 15 is 0 Å². The number of rotatable bonds is 3. The quantitative estimate of drug-likeness (QED) is 0.858. The number of benzene rings is 1. The third-order valence-corrected chi connectivity index (χ3v) is 3.73. The van der Waals surface area contributed by atoms with Crippen LogP contribution in [0.5, 0.6) is 0 Å². The summed E-state index contributed by atoms with van der Waals surface area (Å²) in [7, 11) is -3.32. The Hall–Kier alpha value is -1.60. The molecular formula is C13H18N2O4S. The molecule has 110 valence electrons. The number of nitrogens with zero attached hydrogens (tertiary/aromatic N) is 1. The van der Waals surface area contributed by atoms with Gasteiger partial charge in [-0.05, 0) is 37.1 Å². The third kappa shape index (κ3) is 3.94. The molecule has 0 radical (unpaired) electrons. The van der Waals surface area contributed by atoms with Crippen LogP contribution < -0.4 is 4.72 Å². The van der Waals surface area contributed by atoms with Crippen LogP contribution in [-0.2, 0) is 10.0 Å². The SMILES string of the molecule is CS(=O)(=O)Nc1ccc(C(=O)N2CCCC(O)C2)cc1. The van der Waals surface area contributed by atoms with Crippen molar-refractivity contribution in [2.24, 2.45) is 0 Å². The fourth-order valence-electron chi connectivity index (χ4n) is 2.22. The van der Waals surface area contributed by atoms with Gasteiger partial charge in [0.2, 0.25) is 10.0 Å². The van der Waals surface area contributed by atoms with Gasteiger partial charge in [-0.15, -0.1) is 0 Å². The van der Waals surface area contributed by atoms with Gasteiger partial charge in [0, 0.05) is 24.3 Å². The van der Waals surface area contributed by atoms with Gasteiger partial charge in [-0.3, -0.25) is 9.52 Å². The third-order valence-electron chi connectivity index (χ3n) is 3.12. The lowest BCUT2D eigenvalue weighted by atomic mass is 10.1. The highest BCUT2D eigenvalue weighted by atomic mass is 32.2. The molecule has 1 saturated heterocycles. The van der Waals surface area contributed by atoms with Crippen LogP contribution in [0.15, 0.2) is 24.3 Å². The number of piperidine rings is 1. The first kappa shape index (κ1) is 14.8. The fourth-order valence-corrected chi connectivity index (χ4v) is 2.78. The molecule has 1 aromatic carbocycles. The normalized spacial score (nSPS) is 19.7. The lowest BCUT2D eigenvalue weighted by Crippen LogP contribution is -2.42. The molecule has 0 saturated carbocycles. The Bertz CT molecular complexity index is 583. The second-order valence-corrected chi connectivity index (χ2v) is 6.75. The molecule has 1 fully saturated rings. The number of β-amino-alcohol motifs (C(OH)–C–C–N with tert-alkyl or cyclic N) is 1. The average Bonchev–Trinajstić information content (AvgIpc) is 2.37. The zero-order valence-corrected chi connectivity index (χ0v) is 12.1. The van der Waals surface area contributed by atoms with E-state index in [9.17, 15) is 18.3 Å². The number of hydrogen-bond donors (Lipinski definition) is 2. The molecule has 20 heavy (non-hydrogen) atoms. The van der Waals surface area contributed by atoms with Crippen LogP contribution in [0.1, 0.15) is 23.2 Å². The first-order valence-electron chi connectivity index (χ1n) is 6.40. The minimum absolute atomic E-state index is 0.144. The Morgan fingerprint density at radius 1 is 1.35 bits per heavy atom. The van der Waals surface area contributed by atoms with E-state index in [4.69, 9.17) is 0 Å². The maximum absolute atomic E-state index is 12.2. The van der Waals surface area contributed by atoms with E-state index in [0.717, 1.165) is 19.1 Å². The van der Waals surface area contributed by atoms with Crippen molar-refractivity contribution in [1.29, 1.82) is 0 Å². The molecule has 7 heteroatoms. The molecule has 0 aliphatic carbocycles. The summed E-state index contributed by atoms with van der Waals surface area (Å²) in [5.74, 6) is -0.144. The fraction of sp³-hybridized carbons (Fsp3) is 0.462. The zero-order chi connectivity index (χ0) is 14.8. The van der Waals surface area contributed by atoms with Crippen LogP contribution in [0, 0.1) is 0 Å². The molecule has 1 atom stereocenters. The van der Waals surface area contributed by atoms with Crippen molar-refractivity contribution in [3.63, 3.8) is 0 Å². The molecular weight excluding hydrogens is 280 g/mol. The minimum atomic E-state index is -3.32. The number of nitrogens with one attached hydrogen (secondary N) is 1. The Kier molecular flexibility index (Phi) is 4.29. The molecule has 6 nitrogen and oxygen atoms in total. The first-order chi connectivity index (χ1) is 9.35. The molecule has 1 unspecified atom stereocenters. The topological polar surface area (TPSA) is 86.7 Å². The number of carbonyl (C=O) groups is 1. The highest BCUT2D eigenvalue weighted by Crippen LogP contribution is 2.16. The van der Waals surface area contributed by atoms with Gasteiger partial charge in [0.1, 0.15) is 0 Å². The maximum Gasteiger partial charge on any atom is 0.253 e. The van der Waals surface area contributed by atoms with E-state index in [1.807, 2.05) is 0 Å². The summed E-state index contributed by atoms with van der Waals surface area (Å²) in [5.41, 5.74) is 0.904. The molecule has 1 heterocycles. The summed E-state index contributed by atoms with van der Waals surface area (Å²) in [5, 5.41) is 9.58. The predicted molar refractivity (Wildman–Crippen MR) is 76.1 cm³/mol. The zero-order valence-electron chi connectivity index (χ0n) is 11.2. The summed E-state index contributed by atoms with van der Waals surface area (Å²) >= 11 is 0. The largest absolute Gasteiger partial charge is 0.391 e. The molecule has 1 amide bonds. The molecule has 0 bridgehead atoms. The van der Waals surface area contributed by atoms with Crippen molar-refractivity contribution in [2.45, 2.75) is 18.9 Å². The van der Waals surface area contributed by atoms with Crippen molar-refractivity contribution < 1.29 is 18.3 Å². The Morgan fingerprint density at radius 2 is 2.00 bits per heavy atom. The van der Waals surface area contributed by atoms with Crippen LogP contribution in [0.2, 0.25) is 0 Å². The van der Waals surface area contributed by atoms with Crippen LogP contribution in [-0.4, -0.2) is 49.8 Å². The Labute approximate surface area is 118 Å². The standard InChI is InChI=1S/C13H18N2O4S/c1-20(18,19)14-11-6-4-10(5-7-11)13(17)15-8-2-3-12(16)9-15/h4-7,12,14,16H,2-3,8-9H2,1H3. The smallest absolute Gasteiger partial charge is 0.253 e. The van der Waals surface area contributed by atoms with Gasteiger partial charge in [-0.2, -0.15) is 0 Å². The number of sulfonamides is 1. The van der Waals surface area contributed by atoms with E-state index < -0.39 is 16.1 Å². The monoisotopic (exact) mass is 298 g/mol. The van der Waals surface area contributed by atoms with Crippen molar-refractivity contribution >= 4 is 21.6 Å². The van der Waals surface area contributed by atoms with Crippen LogP contribution >= 0.6 is 0 Å². The van der Waals surface area contributed by atoms with E-state index in [2.05, 4.69) is 4.72 Å². The van der Waals surface area contributed by atoms with Gasteiger partial charge in [0.05, 0.1) is 12.4 Å². The van der Waals surface area contributed by atoms with Crippen LogP contribution in [0.4, 0.5) is 5.69 Å². The van der Waals surface area contributed by atoms with Crippen molar-refractivity contribution in [3.05, 3.63) is 29.8 Å². The summed E-state index contributed by atoms with van der Waals surface area (Å²) in [6.45, 7) is 0.988. The summed E-state index contributed by atoms with van der Waals surface area (Å²) < 4.78 is 24.5. The molecule has 0 spiro atoms. The highest BCUT2D eigenvalue weighted by molar-refractivity contribution is 7.92. The van der Waals surface area contributed by atoms with E-state index in [1.54, 1.807) is 29.2 Å². The van der Waals surface area contributed by atoms with E-state index in [-0.39, 0.29) is 5.91 Å². The minimum Gasteiger partial charge on any atom is -0.391 e. The summed E-state index contributed by atoms with van der Waals surface area (Å²) in [4.78, 5) is 13.8. The molecule has 2 rings (SSSR count). The second-order valence-electron chi connectivity index (χ2n) is 5.00. The van der Waals surface area contributed by atoms with E-state index in [1.165, 1.54) is 0 Å². The molecule has 1 aromatic rings. The predicted octanol–water partition coefficient (Wildman–Crippen LogP) is 0.655. The molecule has 2 N–H and O–H groups in total. The molecule has 1 aliphatic rings. The van der Waals surface area contributed by atoms with Crippen molar-refractivity contribution in [3.8, 4) is 0 Å². The van der Waals surface area contributed by atoms with Gasteiger partial charge >= 0.3 is 0 Å². The van der Waals surface area contributed by atoms with Crippen molar-refractivity contribution in [2.75, 3.05) is 24.1 Å². The summed E-state index contributed by atoms with van der Waals surface area (Å²) in [6.07, 6.45) is 2.13. The van der Waals surface area contributed by atoms with Crippen LogP contribution in [0.3, 0.4) is 0 Å². The lowest BCUT2D eigenvalue weighted by Gasteiger charge is -2.30. The Morgan fingerprint density at radius 3 is 2.55 bits per heavy atom. The number of anilines is 1. The highest BCUT2D eigenvalue weighted by Gasteiger charge is 2.22. The molecule has 0 aromatic heterocycles. The van der Waals surface area contributed by atoms with Gasteiger partial charge in [-0.1, -0.05) is 0 Å². The lowest BCUT2D eigenvalue weighted by molar-refractivity contribution is 0.0474. The Balaban J connectivity index is 2.07. The number of likely N-dealkylation sites (tertiary alicyclic amines) is 1. The second kappa shape index (κ2) is 5.80. The van der Waals surface area contributed by atoms with E-state index in [0.29, 0.717) is 24.3 Å². The number of hydrogen-bond acceptors (Lipinski definition) is 4. The first-order valence-corrected chi connectivity index (χ1v) is 8.29. The number of aliphatic hydroxyl groups excluding tert-OH is 1. The van der Waals surface area contributed by atoms with Gasteiger partial charge in [0.25, 0.3) is 5.91 Å².